The van der Waals surface area contributed by atoms with Crippen molar-refractivity contribution in [2.24, 2.45) is 5.90 Å². The van der Waals surface area contributed by atoms with Gasteiger partial charge < -0.3 is 9.79 Å². The average molecular weight is 172 g/mol. The maximum Gasteiger partial charge on any atom is 0.485 e. The molecule has 5 nitrogen and oxygen atoms in total. The van der Waals surface area contributed by atoms with Gasteiger partial charge in [0.25, 0.3) is 0 Å². The molecule has 4 N–H and O–H groups in total. The van der Waals surface area contributed by atoms with E-state index in [1.807, 2.05) is 0 Å². The van der Waals surface area contributed by atoms with Gasteiger partial charge in [0.2, 0.25) is 0 Å². The van der Waals surface area contributed by atoms with E-state index >= 15 is 0 Å². The van der Waals surface area contributed by atoms with Crippen molar-refractivity contribution in [3.63, 3.8) is 0 Å². The summed E-state index contributed by atoms with van der Waals surface area (Å²) in [5, 5.41) is 0. The van der Waals surface area contributed by atoms with Crippen molar-refractivity contribution in [1.29, 1.82) is 0 Å². The minimum atomic E-state index is -4.37. The van der Waals surface area contributed by atoms with Crippen LogP contribution in [0.2, 0.25) is 0 Å². The third kappa shape index (κ3) is 10.8. The van der Waals surface area contributed by atoms with Crippen molar-refractivity contribution < 1.29 is 35.8 Å². The molecule has 0 saturated heterocycles. The van der Waals surface area contributed by atoms with E-state index in [4.69, 9.17) is 9.79 Å². The molecule has 0 amide bonds. The Bertz CT molecular complexity index is 75.8. The van der Waals surface area contributed by atoms with E-state index in [-0.39, 0.29) is 16.8 Å². The van der Waals surface area contributed by atoms with Gasteiger partial charge >= 0.3 is 7.82 Å². The largest absolute Gasteiger partial charge is 0.485 e. The number of hydrogen-bond donors (Lipinski definition) is 3. The molecule has 1 radical (unpaired) electrons. The summed E-state index contributed by atoms with van der Waals surface area (Å²) in [6.45, 7) is 0. The summed E-state index contributed by atoms with van der Waals surface area (Å²) in [7, 11) is -4.37. The van der Waals surface area contributed by atoms with E-state index in [0.29, 0.717) is 0 Å². The first-order valence-corrected chi connectivity index (χ1v) is 2.53. The normalized spacial score (nSPS) is 10.1. The van der Waals surface area contributed by atoms with Gasteiger partial charge in [-0.3, -0.25) is 0 Å². The zero-order valence-corrected chi connectivity index (χ0v) is 5.00. The Balaban J connectivity index is 0. The Morgan fingerprint density at radius 2 is 1.71 bits per heavy atom. The van der Waals surface area contributed by atoms with E-state index in [1.165, 1.54) is 0 Å². The molecule has 0 aromatic heterocycles. The summed E-state index contributed by atoms with van der Waals surface area (Å²) in [5.74, 6) is 4.04. The first kappa shape index (κ1) is 10.5. The molecule has 0 saturated carbocycles. The van der Waals surface area contributed by atoms with Crippen molar-refractivity contribution in [2.75, 3.05) is 0 Å². The smallest absolute Gasteiger partial charge is 0.302 e. The number of nitrogens with two attached hydrogens (primary N) is 1. The molecule has 0 spiro atoms. The minimum absolute atomic E-state index is 0. The maximum atomic E-state index is 9.35. The van der Waals surface area contributed by atoms with Crippen LogP contribution in [0.5, 0.6) is 0 Å². The Labute approximate surface area is 50.2 Å². The quantitative estimate of drug-likeness (QED) is 0.347. The topological polar surface area (TPSA) is 92.8 Å². The van der Waals surface area contributed by atoms with Gasteiger partial charge in [-0.1, -0.05) is 0 Å². The van der Waals surface area contributed by atoms with Gasteiger partial charge in [0.1, 0.15) is 0 Å². The Hall–Kier alpha value is 0.576. The average Bonchev–Trinajstić information content (AvgIpc) is 1.35. The minimum Gasteiger partial charge on any atom is -0.302 e. The van der Waals surface area contributed by atoms with E-state index in [9.17, 15) is 4.57 Å². The van der Waals surface area contributed by atoms with Crippen LogP contribution >= 0.6 is 7.82 Å². The summed E-state index contributed by atoms with van der Waals surface area (Å²) in [6.07, 6.45) is 0. The van der Waals surface area contributed by atoms with Crippen LogP contribution in [0.1, 0.15) is 0 Å². The van der Waals surface area contributed by atoms with Crippen LogP contribution in [-0.4, -0.2) is 9.79 Å². The van der Waals surface area contributed by atoms with Gasteiger partial charge in [0.15, 0.2) is 0 Å². The molecular weight excluding hydrogens is 168 g/mol. The van der Waals surface area contributed by atoms with E-state index < -0.39 is 7.82 Å². The molecule has 0 bridgehead atoms. The molecule has 0 aromatic rings. The van der Waals surface area contributed by atoms with Crippen LogP contribution in [0.25, 0.3) is 0 Å². The molecule has 7 heteroatoms. The van der Waals surface area contributed by atoms with Gasteiger partial charge in [0.05, 0.1) is 0 Å². The van der Waals surface area contributed by atoms with Crippen LogP contribution in [0.3, 0.4) is 0 Å². The number of phosphoric acid groups is 1. The van der Waals surface area contributed by atoms with E-state index in [2.05, 4.69) is 10.5 Å². The zero-order valence-electron chi connectivity index (χ0n) is 3.07. The van der Waals surface area contributed by atoms with Crippen LogP contribution in [-0.2, 0) is 26.0 Å². The Morgan fingerprint density at radius 1 is 1.57 bits per heavy atom. The fourth-order valence-corrected chi connectivity index (χ4v) is 0. The molecule has 0 aliphatic carbocycles. The molecule has 0 atom stereocenters. The molecule has 7 heavy (non-hydrogen) atoms. The molecule has 0 heterocycles. The summed E-state index contributed by atoms with van der Waals surface area (Å²) >= 11 is 0. The van der Waals surface area contributed by atoms with E-state index in [1.54, 1.807) is 0 Å². The molecule has 0 rings (SSSR count). The summed E-state index contributed by atoms with van der Waals surface area (Å²) in [4.78, 5) is 15.2. The van der Waals surface area contributed by atoms with E-state index in [0.717, 1.165) is 0 Å². The SMILES string of the molecule is NOP(=O)(O)O.[Co]. The molecule has 47 valence electrons. The molecule has 0 fully saturated rings. The summed E-state index contributed by atoms with van der Waals surface area (Å²) < 4.78 is 12.5. The predicted molar refractivity (Wildman–Crippen MR) is 17.3 cm³/mol. The first-order chi connectivity index (χ1) is 2.56. The monoisotopic (exact) mass is 172 g/mol. The first-order valence-electron chi connectivity index (χ1n) is 1.00. The van der Waals surface area contributed by atoms with Gasteiger partial charge in [-0.2, -0.15) is 0 Å². The van der Waals surface area contributed by atoms with Crippen molar-refractivity contribution >= 4 is 7.82 Å². The molecule has 0 unspecified atom stereocenters. The molecule has 0 aliphatic heterocycles. The zero-order chi connectivity index (χ0) is 5.21. The Morgan fingerprint density at radius 3 is 1.71 bits per heavy atom. The fourth-order valence-electron chi connectivity index (χ4n) is 0. The van der Waals surface area contributed by atoms with Gasteiger partial charge in [-0.15, -0.1) is 0 Å². The van der Waals surface area contributed by atoms with Crippen molar-refractivity contribution in [3.05, 3.63) is 0 Å². The van der Waals surface area contributed by atoms with Crippen LogP contribution in [0.4, 0.5) is 0 Å². The van der Waals surface area contributed by atoms with Crippen molar-refractivity contribution in [1.82, 2.24) is 0 Å². The second kappa shape index (κ2) is 3.56. The van der Waals surface area contributed by atoms with Crippen LogP contribution < -0.4 is 5.90 Å². The molecule has 0 aromatic carbocycles. The van der Waals surface area contributed by atoms with Crippen molar-refractivity contribution in [3.8, 4) is 0 Å². The summed E-state index contributed by atoms with van der Waals surface area (Å²) in [5.41, 5.74) is 0. The van der Waals surface area contributed by atoms with Gasteiger partial charge in [0, 0.05) is 16.8 Å². The summed E-state index contributed by atoms with van der Waals surface area (Å²) in [6, 6.07) is 0. The van der Waals surface area contributed by atoms with Gasteiger partial charge in [-0.05, 0) is 0 Å². The molecular formula is H4CoNO4P. The van der Waals surface area contributed by atoms with Crippen molar-refractivity contribution in [2.45, 2.75) is 0 Å². The number of rotatable bonds is 1. The van der Waals surface area contributed by atoms with Gasteiger partial charge in [-0.25, -0.2) is 15.1 Å². The standard InChI is InChI=1S/Co.H4NO4P/c;1-5-6(2,3)4/h;1H2,(H2,2,3,4). The van der Waals surface area contributed by atoms with Crippen LogP contribution in [0, 0.1) is 0 Å². The third-order valence-corrected chi connectivity index (χ3v) is 0.412. The van der Waals surface area contributed by atoms with Crippen LogP contribution in [0.15, 0.2) is 0 Å². The second-order valence-electron chi connectivity index (χ2n) is 0.596. The molecule has 0 aliphatic rings. The third-order valence-electron chi connectivity index (χ3n) is 0.137. The predicted octanol–water partition coefficient (Wildman–Crippen LogP) is -1.03. The fraction of sp³-hybridized carbons (Fsp3) is 0. The Kier molecular flexibility index (Phi) is 5.36. The number of hydrogen-bond acceptors (Lipinski definition) is 3. The maximum absolute atomic E-state index is 9.35. The second-order valence-corrected chi connectivity index (χ2v) is 1.79.